The molecule has 5 atom stereocenters. The lowest BCUT2D eigenvalue weighted by Crippen LogP contribution is -2.30. The maximum Gasteiger partial charge on any atom is 0.472 e. The van der Waals surface area contributed by atoms with Crippen molar-refractivity contribution < 1.29 is 80.2 Å². The van der Waals surface area contributed by atoms with Crippen LogP contribution in [0.25, 0.3) is 0 Å². The van der Waals surface area contributed by atoms with Gasteiger partial charge in [0.25, 0.3) is 0 Å². The van der Waals surface area contributed by atoms with Crippen molar-refractivity contribution in [3.63, 3.8) is 0 Å². The molecule has 0 radical (unpaired) electrons. The summed E-state index contributed by atoms with van der Waals surface area (Å²) < 4.78 is 68.7. The second-order valence-electron chi connectivity index (χ2n) is 28.4. The molecule has 0 heterocycles. The van der Waals surface area contributed by atoms with Crippen molar-refractivity contribution in [2.75, 3.05) is 39.6 Å². The summed E-state index contributed by atoms with van der Waals surface area (Å²) in [4.78, 5) is 73.1. The molecule has 0 aromatic heterocycles. The maximum atomic E-state index is 13.1. The third-order valence-corrected chi connectivity index (χ3v) is 20.1. The fourth-order valence-corrected chi connectivity index (χ4v) is 13.3. The lowest BCUT2D eigenvalue weighted by Gasteiger charge is -2.21. The normalized spacial score (nSPS) is 14.2. The van der Waals surface area contributed by atoms with Crippen molar-refractivity contribution >= 4 is 39.5 Å². The smallest absolute Gasteiger partial charge is 0.462 e. The van der Waals surface area contributed by atoms with E-state index in [1.54, 1.807) is 0 Å². The van der Waals surface area contributed by atoms with Crippen LogP contribution in [0.5, 0.6) is 0 Å². The molecule has 606 valence electrons. The largest absolute Gasteiger partial charge is 0.472 e. The first kappa shape index (κ1) is 100. The summed E-state index contributed by atoms with van der Waals surface area (Å²) in [5, 5.41) is 10.7. The molecule has 0 aliphatic rings. The average molecular weight is 1510 g/mol. The molecule has 0 aromatic rings. The van der Waals surface area contributed by atoms with Gasteiger partial charge in [0.05, 0.1) is 26.4 Å². The number of rotatable bonds is 80. The van der Waals surface area contributed by atoms with Crippen molar-refractivity contribution in [2.45, 2.75) is 406 Å². The van der Waals surface area contributed by atoms with Crippen LogP contribution in [0, 0.1) is 0 Å². The molecular formula is C85H154O17P2. The molecule has 2 unspecified atom stereocenters. The lowest BCUT2D eigenvalue weighted by molar-refractivity contribution is -0.161. The fraction of sp³-hybridized carbons (Fsp3) is 0.812. The molecule has 0 fully saturated rings. The summed E-state index contributed by atoms with van der Waals surface area (Å²) >= 11 is 0. The number of allylic oxidation sites excluding steroid dienone is 12. The number of hydrogen-bond donors (Lipinski definition) is 3. The van der Waals surface area contributed by atoms with Crippen molar-refractivity contribution in [1.29, 1.82) is 0 Å². The molecule has 3 N–H and O–H groups in total. The van der Waals surface area contributed by atoms with Gasteiger partial charge in [0.2, 0.25) is 0 Å². The Kier molecular flexibility index (Phi) is 75.0. The molecule has 0 spiro atoms. The molecular weight excluding hydrogens is 1350 g/mol. The number of phosphoric acid groups is 2. The topological polar surface area (TPSA) is 237 Å². The van der Waals surface area contributed by atoms with Gasteiger partial charge in [-0.3, -0.25) is 37.3 Å². The molecule has 0 bridgehead atoms. The first-order chi connectivity index (χ1) is 50.7. The van der Waals surface area contributed by atoms with Gasteiger partial charge in [-0.2, -0.15) is 0 Å². The minimum atomic E-state index is -4.99. The van der Waals surface area contributed by atoms with Crippen LogP contribution < -0.4 is 0 Å². The quantitative estimate of drug-likeness (QED) is 0.0169. The van der Waals surface area contributed by atoms with Gasteiger partial charge in [-0.25, -0.2) is 9.13 Å². The van der Waals surface area contributed by atoms with Gasteiger partial charge < -0.3 is 33.8 Å². The van der Waals surface area contributed by atoms with Gasteiger partial charge in [0.1, 0.15) is 19.3 Å². The number of esters is 4. The van der Waals surface area contributed by atoms with Crippen molar-refractivity contribution in [2.24, 2.45) is 0 Å². The molecule has 17 nitrogen and oxygen atoms in total. The molecule has 0 rings (SSSR count). The van der Waals surface area contributed by atoms with Gasteiger partial charge >= 0.3 is 39.5 Å². The monoisotopic (exact) mass is 1510 g/mol. The summed E-state index contributed by atoms with van der Waals surface area (Å²) in [6.07, 6.45) is 80.2. The zero-order valence-electron chi connectivity index (χ0n) is 66.5. The van der Waals surface area contributed by atoms with Gasteiger partial charge in [0, 0.05) is 25.7 Å². The molecule has 19 heteroatoms. The van der Waals surface area contributed by atoms with Crippen LogP contribution in [-0.4, -0.2) is 96.7 Å². The second kappa shape index (κ2) is 77.7. The SMILES string of the molecule is CCCCC/C=C\C/C=C\C/C=C\C/C=C\C/C=C\CCC(=O)OC[C@H](COP(=O)(O)OC[C@@H](O)COP(=O)(O)OC[C@@H](COC(=O)CCCCCCCCC/C=C\CCCCCC)OC(=O)CCCCCCCCCCCCCCCCC)OC(=O)CCCCCCCCCCCCCCCCC. The number of ether oxygens (including phenoxy) is 4. The van der Waals surface area contributed by atoms with Gasteiger partial charge in [-0.05, 0) is 89.9 Å². The molecule has 104 heavy (non-hydrogen) atoms. The van der Waals surface area contributed by atoms with E-state index >= 15 is 0 Å². The summed E-state index contributed by atoms with van der Waals surface area (Å²) in [6, 6.07) is 0. The van der Waals surface area contributed by atoms with E-state index in [0.717, 1.165) is 116 Å². The van der Waals surface area contributed by atoms with Crippen LogP contribution in [0.4, 0.5) is 0 Å². The minimum absolute atomic E-state index is 0.0424. The Morgan fingerprint density at radius 3 is 0.817 bits per heavy atom. The van der Waals surface area contributed by atoms with Crippen LogP contribution in [0.15, 0.2) is 72.9 Å². The zero-order chi connectivity index (χ0) is 76.0. The van der Waals surface area contributed by atoms with Crippen LogP contribution in [-0.2, 0) is 65.4 Å². The van der Waals surface area contributed by atoms with Crippen molar-refractivity contribution in [1.82, 2.24) is 0 Å². The van der Waals surface area contributed by atoms with E-state index in [1.807, 2.05) is 12.2 Å². The van der Waals surface area contributed by atoms with Crippen molar-refractivity contribution in [3.8, 4) is 0 Å². The molecule has 0 aromatic carbocycles. The summed E-state index contributed by atoms with van der Waals surface area (Å²) in [5.74, 6) is -2.24. The van der Waals surface area contributed by atoms with Gasteiger partial charge in [-0.1, -0.05) is 345 Å². The minimum Gasteiger partial charge on any atom is -0.462 e. The highest BCUT2D eigenvalue weighted by Gasteiger charge is 2.30. The highest BCUT2D eigenvalue weighted by Crippen LogP contribution is 2.45. The van der Waals surface area contributed by atoms with Crippen LogP contribution >= 0.6 is 15.6 Å². The number of carbonyl (C=O) groups is 4. The van der Waals surface area contributed by atoms with E-state index in [1.165, 1.54) is 186 Å². The molecule has 0 aliphatic heterocycles. The Balaban J connectivity index is 5.38. The van der Waals surface area contributed by atoms with E-state index in [4.69, 9.17) is 37.0 Å². The Morgan fingerprint density at radius 2 is 0.490 bits per heavy atom. The first-order valence-corrected chi connectivity index (χ1v) is 45.2. The van der Waals surface area contributed by atoms with Crippen LogP contribution in [0.3, 0.4) is 0 Å². The molecule has 0 aliphatic carbocycles. The lowest BCUT2D eigenvalue weighted by atomic mass is 10.0. The summed E-state index contributed by atoms with van der Waals surface area (Å²) in [6.45, 7) is 4.84. The first-order valence-electron chi connectivity index (χ1n) is 42.2. The molecule has 0 amide bonds. The fourth-order valence-electron chi connectivity index (χ4n) is 11.7. The number of unbranched alkanes of at least 4 members (excludes halogenated alkanes) is 42. The summed E-state index contributed by atoms with van der Waals surface area (Å²) in [5.41, 5.74) is 0. The Morgan fingerprint density at radius 1 is 0.269 bits per heavy atom. The van der Waals surface area contributed by atoms with E-state index < -0.39 is 97.5 Å². The third-order valence-electron chi connectivity index (χ3n) is 18.2. The number of hydrogen-bond acceptors (Lipinski definition) is 15. The predicted octanol–water partition coefficient (Wildman–Crippen LogP) is 24.8. The van der Waals surface area contributed by atoms with Crippen LogP contribution in [0.1, 0.15) is 387 Å². The second-order valence-corrected chi connectivity index (χ2v) is 31.3. The Labute approximate surface area is 634 Å². The highest BCUT2D eigenvalue weighted by molar-refractivity contribution is 7.47. The van der Waals surface area contributed by atoms with Crippen molar-refractivity contribution in [3.05, 3.63) is 72.9 Å². The number of aliphatic hydroxyl groups excluding tert-OH is 1. The van der Waals surface area contributed by atoms with E-state index in [0.29, 0.717) is 32.1 Å². The van der Waals surface area contributed by atoms with Gasteiger partial charge in [-0.15, -0.1) is 0 Å². The average Bonchev–Trinajstić information content (AvgIpc) is 0.918. The number of aliphatic hydroxyl groups is 1. The van der Waals surface area contributed by atoms with E-state index in [9.17, 15) is 43.2 Å². The molecule has 0 saturated heterocycles. The third kappa shape index (κ3) is 76.7. The van der Waals surface area contributed by atoms with Gasteiger partial charge in [0.15, 0.2) is 12.2 Å². The van der Waals surface area contributed by atoms with E-state index in [-0.39, 0.29) is 25.7 Å². The Bertz CT molecular complexity index is 2250. The standard InChI is InChI=1S/C85H154O17P2/c1-5-9-13-17-21-25-29-33-37-38-39-40-44-46-50-54-58-62-66-70-83(88)96-76-81(102-85(90)72-68-64-60-56-52-48-43-36-32-28-24-20-16-12-8-4)78-100-104(93,94)98-74-79(86)73-97-103(91,92)99-77-80(101-84(89)71-67-63-59-55-51-47-42-35-31-27-23-19-15-11-7-3)75-95-82(87)69-65-61-57-53-49-45-41-34-30-26-22-18-14-10-6-2/h21,25-26,30,33,37,39-40,46,50,58,62,79-81,86H,5-20,22-24,27-29,31-32,34-36,38,41-45,47-49,51-57,59-61,63-78H2,1-4H3,(H,91,92)(H,93,94)/b25-21-,30-26-,37-33-,40-39-,50-46-,62-58-/t79-,80+,81+/m0/s1. The maximum absolute atomic E-state index is 13.1. The van der Waals surface area contributed by atoms with Crippen LogP contribution in [0.2, 0.25) is 0 Å². The Hall–Kier alpha value is -3.50. The predicted molar refractivity (Wildman–Crippen MR) is 427 cm³/mol. The highest BCUT2D eigenvalue weighted by atomic mass is 31.2. The summed E-state index contributed by atoms with van der Waals surface area (Å²) in [7, 11) is -9.96. The number of carbonyl (C=O) groups excluding carboxylic acids is 4. The molecule has 0 saturated carbocycles. The number of phosphoric ester groups is 2. The zero-order valence-corrected chi connectivity index (χ0v) is 68.2. The van der Waals surface area contributed by atoms with E-state index in [2.05, 4.69) is 88.5 Å².